The Hall–Kier alpha value is -1.51. The molecule has 0 spiro atoms. The molecule has 2 aliphatic rings. The summed E-state index contributed by atoms with van der Waals surface area (Å²) in [6, 6.07) is 17.2. The van der Waals surface area contributed by atoms with Crippen molar-refractivity contribution in [3.8, 4) is 0 Å². The Morgan fingerprint density at radius 3 is 2.46 bits per heavy atom. The summed E-state index contributed by atoms with van der Waals surface area (Å²) in [7, 11) is 0. The molecule has 2 heterocycles. The first-order chi connectivity index (χ1) is 12.5. The highest BCUT2D eigenvalue weighted by atomic mass is 35.5. The molecule has 0 amide bonds. The zero-order chi connectivity index (χ0) is 18.3. The van der Waals surface area contributed by atoms with E-state index in [1.54, 1.807) is 0 Å². The third kappa shape index (κ3) is 3.25. The van der Waals surface area contributed by atoms with E-state index in [0.29, 0.717) is 17.9 Å². The lowest BCUT2D eigenvalue weighted by atomic mass is 9.80. The second-order valence-electron chi connectivity index (χ2n) is 7.62. The molecule has 0 saturated carbocycles. The number of benzene rings is 2. The summed E-state index contributed by atoms with van der Waals surface area (Å²) in [5, 5.41) is 1.57. The van der Waals surface area contributed by atoms with E-state index >= 15 is 0 Å². The van der Waals surface area contributed by atoms with E-state index in [4.69, 9.17) is 27.9 Å². The van der Waals surface area contributed by atoms with Crippen LogP contribution < -0.4 is 0 Å². The molecule has 2 aromatic carbocycles. The number of hydrogen-bond donors (Lipinski definition) is 0. The Morgan fingerprint density at radius 2 is 1.77 bits per heavy atom. The van der Waals surface area contributed by atoms with Gasteiger partial charge in [0.15, 0.2) is 18.7 Å². The van der Waals surface area contributed by atoms with Gasteiger partial charge in [-0.25, -0.2) is 0 Å². The average Bonchev–Trinajstić information content (AvgIpc) is 3.06. The monoisotopic (exact) mass is 388 g/mol. The number of halogens is 2. The van der Waals surface area contributed by atoms with Crippen molar-refractivity contribution in [2.45, 2.75) is 44.7 Å². The third-order valence-corrected chi connectivity index (χ3v) is 6.16. The van der Waals surface area contributed by atoms with Crippen molar-refractivity contribution in [2.24, 2.45) is 5.92 Å². The zero-order valence-electron chi connectivity index (χ0n) is 15.2. The molecule has 4 heteroatoms. The molecule has 2 nitrogen and oxygen atoms in total. The van der Waals surface area contributed by atoms with Crippen LogP contribution in [0.5, 0.6) is 0 Å². The molecular formula is C22H24Cl2NO+. The number of hydrogen-bond acceptors (Lipinski definition) is 1. The molecule has 0 unspecified atom stereocenters. The standard InChI is InChI=1S/C22H24Cl2NO/c1-14(2)20-13-26-21-11-10-19(16-4-3-5-18(24)12-16)22(25(20)21)15-6-8-17(23)9-7-15/h3-9,12,14,19-20,22H,10-11,13H2,1-2H3/q+1/t19-,20-,22-/m1/s1. The van der Waals surface area contributed by atoms with Crippen LogP contribution in [0.1, 0.15) is 49.8 Å². The van der Waals surface area contributed by atoms with E-state index in [1.807, 2.05) is 18.2 Å². The van der Waals surface area contributed by atoms with Gasteiger partial charge >= 0.3 is 5.90 Å². The van der Waals surface area contributed by atoms with Crippen molar-refractivity contribution in [3.05, 3.63) is 69.7 Å². The summed E-state index contributed by atoms with van der Waals surface area (Å²) in [5.41, 5.74) is 2.58. The highest BCUT2D eigenvalue weighted by Crippen LogP contribution is 2.44. The second-order valence-corrected chi connectivity index (χ2v) is 8.49. The van der Waals surface area contributed by atoms with Crippen LogP contribution in [0.2, 0.25) is 10.0 Å². The van der Waals surface area contributed by atoms with E-state index in [9.17, 15) is 0 Å². The summed E-state index contributed by atoms with van der Waals surface area (Å²) in [6.07, 6.45) is 2.04. The van der Waals surface area contributed by atoms with Crippen LogP contribution >= 0.6 is 23.2 Å². The number of nitrogens with zero attached hydrogens (tertiary/aromatic N) is 1. The number of ether oxygens (including phenoxy) is 1. The van der Waals surface area contributed by atoms with Crippen molar-refractivity contribution >= 4 is 29.1 Å². The Labute approximate surface area is 165 Å². The van der Waals surface area contributed by atoms with Gasteiger partial charge in [-0.05, 0) is 36.2 Å². The molecule has 2 aromatic rings. The number of rotatable bonds is 3. The maximum absolute atomic E-state index is 6.31. The summed E-state index contributed by atoms with van der Waals surface area (Å²) in [6.45, 7) is 5.33. The van der Waals surface area contributed by atoms with Gasteiger partial charge in [0.1, 0.15) is 0 Å². The molecule has 4 rings (SSSR count). The van der Waals surface area contributed by atoms with Crippen molar-refractivity contribution in [2.75, 3.05) is 6.61 Å². The fourth-order valence-electron chi connectivity index (χ4n) is 4.37. The van der Waals surface area contributed by atoms with E-state index in [2.05, 4.69) is 48.8 Å². The molecule has 2 aliphatic heterocycles. The zero-order valence-corrected chi connectivity index (χ0v) is 16.7. The predicted octanol–water partition coefficient (Wildman–Crippen LogP) is 6.08. The maximum Gasteiger partial charge on any atom is 0.337 e. The SMILES string of the molecule is CC(C)[C@H]1COC2=[N+]1[C@H](c1ccc(Cl)cc1)[C@@H](c1cccc(Cl)c1)CC2. The summed E-state index contributed by atoms with van der Waals surface area (Å²) >= 11 is 12.5. The molecule has 0 saturated heterocycles. The van der Waals surface area contributed by atoms with Crippen LogP contribution in [-0.2, 0) is 4.74 Å². The molecule has 0 radical (unpaired) electrons. The summed E-state index contributed by atoms with van der Waals surface area (Å²) in [4.78, 5) is 0. The van der Waals surface area contributed by atoms with Crippen LogP contribution in [-0.4, -0.2) is 23.1 Å². The van der Waals surface area contributed by atoms with Gasteiger partial charge < -0.3 is 4.74 Å². The lowest BCUT2D eigenvalue weighted by molar-refractivity contribution is -0.613. The quantitative estimate of drug-likeness (QED) is 0.580. The minimum absolute atomic E-state index is 0.240. The van der Waals surface area contributed by atoms with Gasteiger partial charge in [-0.15, -0.1) is 0 Å². The molecule has 26 heavy (non-hydrogen) atoms. The molecule has 0 bridgehead atoms. The van der Waals surface area contributed by atoms with E-state index in [-0.39, 0.29) is 6.04 Å². The van der Waals surface area contributed by atoms with Gasteiger partial charge in [-0.1, -0.05) is 61.3 Å². The first-order valence-electron chi connectivity index (χ1n) is 9.32. The maximum atomic E-state index is 6.31. The molecule has 136 valence electrons. The molecular weight excluding hydrogens is 365 g/mol. The van der Waals surface area contributed by atoms with Gasteiger partial charge in [0.05, 0.1) is 12.3 Å². The summed E-state index contributed by atoms with van der Waals surface area (Å²) in [5.74, 6) is 2.05. The first-order valence-corrected chi connectivity index (χ1v) is 10.1. The minimum atomic E-state index is 0.240. The molecule has 0 aliphatic carbocycles. The summed E-state index contributed by atoms with van der Waals surface area (Å²) < 4.78 is 8.64. The molecule has 0 N–H and O–H groups in total. The fourth-order valence-corrected chi connectivity index (χ4v) is 4.69. The van der Waals surface area contributed by atoms with E-state index in [0.717, 1.165) is 35.4 Å². The Bertz CT molecular complexity index is 828. The minimum Gasteiger partial charge on any atom is -0.441 e. The van der Waals surface area contributed by atoms with Crippen LogP contribution in [0.25, 0.3) is 0 Å². The first kappa shape index (κ1) is 17.9. The Balaban J connectivity index is 1.83. The molecule has 3 atom stereocenters. The fraction of sp³-hybridized carbons (Fsp3) is 0.409. The van der Waals surface area contributed by atoms with Crippen LogP contribution in [0.3, 0.4) is 0 Å². The second kappa shape index (κ2) is 7.25. The van der Waals surface area contributed by atoms with E-state index in [1.165, 1.54) is 11.1 Å². The normalized spacial score (nSPS) is 25.3. The van der Waals surface area contributed by atoms with Gasteiger partial charge in [0.2, 0.25) is 0 Å². The average molecular weight is 389 g/mol. The predicted molar refractivity (Wildman–Crippen MR) is 107 cm³/mol. The van der Waals surface area contributed by atoms with Gasteiger partial charge in [0.25, 0.3) is 0 Å². The Morgan fingerprint density at radius 1 is 1.00 bits per heavy atom. The highest BCUT2D eigenvalue weighted by molar-refractivity contribution is 6.30. The van der Waals surface area contributed by atoms with Crippen molar-refractivity contribution < 1.29 is 9.31 Å². The highest BCUT2D eigenvalue weighted by Gasteiger charge is 2.49. The van der Waals surface area contributed by atoms with Crippen molar-refractivity contribution in [1.29, 1.82) is 0 Å². The largest absolute Gasteiger partial charge is 0.441 e. The van der Waals surface area contributed by atoms with Crippen LogP contribution in [0, 0.1) is 5.92 Å². The van der Waals surface area contributed by atoms with Crippen LogP contribution in [0.4, 0.5) is 0 Å². The molecule has 0 aromatic heterocycles. The lowest BCUT2D eigenvalue weighted by Crippen LogP contribution is -2.39. The third-order valence-electron chi connectivity index (χ3n) is 5.67. The van der Waals surface area contributed by atoms with Crippen molar-refractivity contribution in [1.82, 2.24) is 0 Å². The lowest BCUT2D eigenvalue weighted by Gasteiger charge is -2.31. The van der Waals surface area contributed by atoms with Gasteiger partial charge in [0, 0.05) is 21.5 Å². The molecule has 0 fully saturated rings. The van der Waals surface area contributed by atoms with Gasteiger partial charge in [-0.3, -0.25) is 0 Å². The van der Waals surface area contributed by atoms with Crippen molar-refractivity contribution in [3.63, 3.8) is 0 Å². The van der Waals surface area contributed by atoms with Gasteiger partial charge in [-0.2, -0.15) is 4.58 Å². The van der Waals surface area contributed by atoms with Crippen LogP contribution in [0.15, 0.2) is 48.5 Å². The van der Waals surface area contributed by atoms with E-state index < -0.39 is 0 Å². The topological polar surface area (TPSA) is 12.2 Å². The Kier molecular flexibility index (Phi) is 4.98. The smallest absolute Gasteiger partial charge is 0.337 e.